The number of benzene rings is 1. The van der Waals surface area contributed by atoms with Crippen molar-refractivity contribution in [1.29, 1.82) is 0 Å². The van der Waals surface area contributed by atoms with Gasteiger partial charge in [0.15, 0.2) is 5.96 Å². The number of hydrogen-bond donors (Lipinski definition) is 2. The number of nitrogens with one attached hydrogen (secondary N) is 2. The van der Waals surface area contributed by atoms with Crippen molar-refractivity contribution in [2.75, 3.05) is 57.9 Å². The molecule has 31 heavy (non-hydrogen) atoms. The number of piperidine rings is 1. The third-order valence-electron chi connectivity index (χ3n) is 7.16. The third kappa shape index (κ3) is 5.95. The summed E-state index contributed by atoms with van der Waals surface area (Å²) in [5, 5.41) is 7.42. The van der Waals surface area contributed by atoms with Crippen LogP contribution in [0.3, 0.4) is 0 Å². The van der Waals surface area contributed by atoms with E-state index in [0.29, 0.717) is 12.1 Å². The lowest BCUT2D eigenvalue weighted by Gasteiger charge is -2.43. The monoisotopic (exact) mass is 445 g/mol. The zero-order valence-corrected chi connectivity index (χ0v) is 20.0. The largest absolute Gasteiger partial charge is 0.379 e. The molecule has 172 valence electrons. The predicted molar refractivity (Wildman–Crippen MR) is 131 cm³/mol. The van der Waals surface area contributed by atoms with Crippen LogP contribution >= 0.6 is 11.8 Å². The molecule has 3 heterocycles. The second-order valence-corrected chi connectivity index (χ2v) is 10.3. The van der Waals surface area contributed by atoms with Gasteiger partial charge in [-0.15, -0.1) is 0 Å². The maximum atomic E-state index is 5.60. The van der Waals surface area contributed by atoms with E-state index < -0.39 is 0 Å². The molecule has 0 aromatic heterocycles. The van der Waals surface area contributed by atoms with Gasteiger partial charge in [0.05, 0.1) is 13.2 Å². The highest BCUT2D eigenvalue weighted by atomic mass is 32.2. The Morgan fingerprint density at radius 2 is 2.03 bits per heavy atom. The summed E-state index contributed by atoms with van der Waals surface area (Å²) in [6.45, 7) is 9.30. The Kier molecular flexibility index (Phi) is 8.15. The normalized spacial score (nSPS) is 31.0. The topological polar surface area (TPSA) is 52.1 Å². The zero-order chi connectivity index (χ0) is 21.5. The van der Waals surface area contributed by atoms with Gasteiger partial charge in [0.1, 0.15) is 0 Å². The van der Waals surface area contributed by atoms with Gasteiger partial charge < -0.3 is 15.4 Å². The Balaban J connectivity index is 1.27. The van der Waals surface area contributed by atoms with Crippen molar-refractivity contribution in [1.82, 2.24) is 20.4 Å². The highest BCUT2D eigenvalue weighted by Crippen LogP contribution is 2.33. The number of ether oxygens (including phenoxy) is 1. The molecular weight excluding hydrogens is 406 g/mol. The van der Waals surface area contributed by atoms with E-state index in [2.05, 4.69) is 74.4 Å². The van der Waals surface area contributed by atoms with Crippen molar-refractivity contribution >= 4 is 17.7 Å². The first-order chi connectivity index (χ1) is 15.2. The Labute approximate surface area is 192 Å². The van der Waals surface area contributed by atoms with Gasteiger partial charge in [-0.1, -0.05) is 30.3 Å². The van der Waals surface area contributed by atoms with Crippen LogP contribution < -0.4 is 10.6 Å². The van der Waals surface area contributed by atoms with E-state index in [1.54, 1.807) is 0 Å². The van der Waals surface area contributed by atoms with Crippen LogP contribution in [0.25, 0.3) is 0 Å². The highest BCUT2D eigenvalue weighted by molar-refractivity contribution is 7.99. The number of likely N-dealkylation sites (tertiary alicyclic amines) is 1. The van der Waals surface area contributed by atoms with Gasteiger partial charge in [-0.05, 0) is 37.5 Å². The predicted octanol–water partition coefficient (Wildman–Crippen LogP) is 2.41. The number of rotatable bonds is 6. The Hall–Kier alpha value is -1.28. The molecule has 3 unspecified atom stereocenters. The summed E-state index contributed by atoms with van der Waals surface area (Å²) in [7, 11) is 1.90. The first-order valence-corrected chi connectivity index (χ1v) is 13.0. The molecule has 0 spiro atoms. The molecule has 6 nitrogen and oxygen atoms in total. The fourth-order valence-corrected chi connectivity index (χ4v) is 6.65. The second kappa shape index (κ2) is 11.0. The first kappa shape index (κ1) is 22.9. The minimum absolute atomic E-state index is 0.235. The SMILES string of the molecule is CN=C(NCC1(N2CCOCC2)CCSC1)NC1CCN(Cc2ccccc2)C(C)C1. The molecule has 0 bridgehead atoms. The van der Waals surface area contributed by atoms with Gasteiger partial charge in [0, 0.05) is 63.1 Å². The van der Waals surface area contributed by atoms with Crippen LogP contribution in [-0.4, -0.2) is 91.3 Å². The number of thioether (sulfide) groups is 1. The average molecular weight is 446 g/mol. The molecule has 3 saturated heterocycles. The second-order valence-electron chi connectivity index (χ2n) is 9.22. The molecule has 0 saturated carbocycles. The molecule has 0 amide bonds. The maximum absolute atomic E-state index is 5.60. The minimum atomic E-state index is 0.235. The highest BCUT2D eigenvalue weighted by Gasteiger charge is 2.40. The van der Waals surface area contributed by atoms with Crippen LogP contribution in [0.5, 0.6) is 0 Å². The molecule has 2 N–H and O–H groups in total. The number of hydrogen-bond acceptors (Lipinski definition) is 5. The van der Waals surface area contributed by atoms with Gasteiger partial charge >= 0.3 is 0 Å². The number of guanidine groups is 1. The first-order valence-electron chi connectivity index (χ1n) is 11.8. The van der Waals surface area contributed by atoms with E-state index in [9.17, 15) is 0 Å². The van der Waals surface area contributed by atoms with Crippen molar-refractivity contribution in [2.45, 2.75) is 50.4 Å². The van der Waals surface area contributed by atoms with E-state index in [1.165, 1.54) is 23.5 Å². The molecule has 4 rings (SSSR count). The van der Waals surface area contributed by atoms with Crippen LogP contribution in [0.4, 0.5) is 0 Å². The lowest BCUT2D eigenvalue weighted by Crippen LogP contribution is -2.60. The molecular formula is C24H39N5OS. The molecule has 3 aliphatic rings. The maximum Gasteiger partial charge on any atom is 0.191 e. The fraction of sp³-hybridized carbons (Fsp3) is 0.708. The molecule has 0 aliphatic carbocycles. The smallest absolute Gasteiger partial charge is 0.191 e. The molecule has 1 aromatic carbocycles. The van der Waals surface area contributed by atoms with Crippen molar-refractivity contribution in [3.63, 3.8) is 0 Å². The van der Waals surface area contributed by atoms with Crippen LogP contribution in [0, 0.1) is 0 Å². The Bertz CT molecular complexity index is 703. The Morgan fingerprint density at radius 1 is 1.23 bits per heavy atom. The third-order valence-corrected chi connectivity index (χ3v) is 8.39. The van der Waals surface area contributed by atoms with Crippen LogP contribution in [-0.2, 0) is 11.3 Å². The van der Waals surface area contributed by atoms with E-state index in [1.807, 2.05) is 7.05 Å². The number of morpholine rings is 1. The van der Waals surface area contributed by atoms with Crippen molar-refractivity contribution in [3.05, 3.63) is 35.9 Å². The summed E-state index contributed by atoms with van der Waals surface area (Å²) in [6, 6.07) is 11.9. The molecule has 3 aliphatic heterocycles. The summed E-state index contributed by atoms with van der Waals surface area (Å²) in [5.74, 6) is 3.41. The zero-order valence-electron chi connectivity index (χ0n) is 19.2. The van der Waals surface area contributed by atoms with Crippen molar-refractivity contribution < 1.29 is 4.74 Å². The van der Waals surface area contributed by atoms with Gasteiger partial charge in [-0.2, -0.15) is 11.8 Å². The molecule has 3 fully saturated rings. The average Bonchev–Trinajstić information content (AvgIpc) is 3.30. The van der Waals surface area contributed by atoms with E-state index in [0.717, 1.165) is 64.7 Å². The quantitative estimate of drug-likeness (QED) is 0.518. The van der Waals surface area contributed by atoms with E-state index >= 15 is 0 Å². The van der Waals surface area contributed by atoms with Crippen molar-refractivity contribution in [2.24, 2.45) is 4.99 Å². The number of nitrogens with zero attached hydrogens (tertiary/aromatic N) is 3. The molecule has 7 heteroatoms. The minimum Gasteiger partial charge on any atom is -0.379 e. The van der Waals surface area contributed by atoms with Gasteiger partial charge in [0.2, 0.25) is 0 Å². The Morgan fingerprint density at radius 3 is 2.71 bits per heavy atom. The lowest BCUT2D eigenvalue weighted by atomic mass is 9.95. The van der Waals surface area contributed by atoms with Gasteiger partial charge in [-0.3, -0.25) is 14.8 Å². The summed E-state index contributed by atoms with van der Waals surface area (Å²) in [5.41, 5.74) is 1.64. The van der Waals surface area contributed by atoms with E-state index in [4.69, 9.17) is 4.74 Å². The van der Waals surface area contributed by atoms with Crippen LogP contribution in [0.1, 0.15) is 31.7 Å². The van der Waals surface area contributed by atoms with Gasteiger partial charge in [-0.25, -0.2) is 0 Å². The number of aliphatic imine (C=N–C) groups is 1. The lowest BCUT2D eigenvalue weighted by molar-refractivity contribution is -0.0120. The summed E-state index contributed by atoms with van der Waals surface area (Å²) in [6.07, 6.45) is 3.55. The summed E-state index contributed by atoms with van der Waals surface area (Å²) < 4.78 is 5.60. The molecule has 0 radical (unpaired) electrons. The van der Waals surface area contributed by atoms with Gasteiger partial charge in [0.25, 0.3) is 0 Å². The van der Waals surface area contributed by atoms with Crippen LogP contribution in [0.15, 0.2) is 35.3 Å². The van der Waals surface area contributed by atoms with Crippen LogP contribution in [0.2, 0.25) is 0 Å². The van der Waals surface area contributed by atoms with Crippen molar-refractivity contribution in [3.8, 4) is 0 Å². The van der Waals surface area contributed by atoms with E-state index in [-0.39, 0.29) is 5.54 Å². The summed E-state index contributed by atoms with van der Waals surface area (Å²) >= 11 is 2.08. The summed E-state index contributed by atoms with van der Waals surface area (Å²) in [4.78, 5) is 9.82. The molecule has 1 aromatic rings. The molecule has 3 atom stereocenters. The standard InChI is InChI=1S/C24H39N5OS/c1-20-16-22(8-10-28(20)17-21-6-4-3-5-7-21)27-23(25-2)26-18-24(9-15-31-19-24)29-11-13-30-14-12-29/h3-7,20,22H,8-19H2,1-2H3,(H2,25,26,27). The fourth-order valence-electron chi connectivity index (χ4n) is 5.18.